The average molecular weight is 336 g/mol. The lowest BCUT2D eigenvalue weighted by atomic mass is 9.91. The number of carbonyl (C=O) groups excluding carboxylic acids is 1. The molecule has 2 N–H and O–H groups in total. The number of hydrogen-bond acceptors (Lipinski definition) is 3. The quantitative estimate of drug-likeness (QED) is 0.892. The number of rotatable bonds is 3. The Labute approximate surface area is 130 Å². The summed E-state index contributed by atoms with van der Waals surface area (Å²) in [7, 11) is 0. The highest BCUT2D eigenvalue weighted by Crippen LogP contribution is 2.38. The van der Waals surface area contributed by atoms with Crippen LogP contribution >= 0.6 is 11.3 Å². The van der Waals surface area contributed by atoms with E-state index < -0.39 is 24.6 Å². The molecule has 1 aromatic heterocycles. The second-order valence-electron chi connectivity index (χ2n) is 5.62. The normalized spacial score (nSPS) is 19.8. The van der Waals surface area contributed by atoms with Crippen LogP contribution < -0.4 is 5.32 Å². The number of amides is 2. The van der Waals surface area contributed by atoms with Crippen LogP contribution in [0.15, 0.2) is 17.5 Å². The lowest BCUT2D eigenvalue weighted by Gasteiger charge is -2.39. The summed E-state index contributed by atoms with van der Waals surface area (Å²) in [4.78, 5) is 14.5. The summed E-state index contributed by atoms with van der Waals surface area (Å²) >= 11 is 1.60. The molecule has 4 nitrogen and oxygen atoms in total. The van der Waals surface area contributed by atoms with E-state index in [4.69, 9.17) is 0 Å². The van der Waals surface area contributed by atoms with Gasteiger partial charge in [0.2, 0.25) is 0 Å². The summed E-state index contributed by atoms with van der Waals surface area (Å²) in [5, 5.41) is 14.3. The predicted molar refractivity (Wildman–Crippen MR) is 77.9 cm³/mol. The van der Waals surface area contributed by atoms with E-state index in [0.717, 1.165) is 4.88 Å². The van der Waals surface area contributed by atoms with Crippen molar-refractivity contribution in [1.29, 1.82) is 0 Å². The summed E-state index contributed by atoms with van der Waals surface area (Å²) in [6, 6.07) is 3.53. The minimum Gasteiger partial charge on any atom is -0.380 e. The van der Waals surface area contributed by atoms with Gasteiger partial charge < -0.3 is 15.3 Å². The first-order valence-corrected chi connectivity index (χ1v) is 7.96. The Kier molecular flexibility index (Phi) is 5.01. The van der Waals surface area contributed by atoms with Crippen LogP contribution in [-0.4, -0.2) is 47.4 Å². The lowest BCUT2D eigenvalue weighted by Crippen LogP contribution is -2.56. The van der Waals surface area contributed by atoms with Gasteiger partial charge in [-0.15, -0.1) is 11.3 Å². The average Bonchev–Trinajstić information content (AvgIpc) is 2.98. The van der Waals surface area contributed by atoms with Crippen LogP contribution in [0.3, 0.4) is 0 Å². The van der Waals surface area contributed by atoms with Gasteiger partial charge in [-0.05, 0) is 11.4 Å². The molecule has 2 amide bonds. The van der Waals surface area contributed by atoms with Gasteiger partial charge >= 0.3 is 12.2 Å². The molecule has 0 bridgehead atoms. The molecule has 1 aliphatic rings. The van der Waals surface area contributed by atoms with Crippen LogP contribution in [0.1, 0.15) is 30.6 Å². The maximum atomic E-state index is 12.7. The molecular weight excluding hydrogens is 317 g/mol. The predicted octanol–water partition coefficient (Wildman–Crippen LogP) is 2.95. The zero-order valence-electron chi connectivity index (χ0n) is 12.2. The van der Waals surface area contributed by atoms with E-state index in [1.54, 1.807) is 11.3 Å². The second kappa shape index (κ2) is 6.45. The van der Waals surface area contributed by atoms with E-state index in [2.05, 4.69) is 5.32 Å². The van der Waals surface area contributed by atoms with E-state index >= 15 is 0 Å². The molecule has 1 aromatic rings. The number of nitrogens with one attached hydrogen (secondary N) is 1. The Bertz CT molecular complexity index is 497. The summed E-state index contributed by atoms with van der Waals surface area (Å²) in [6.07, 6.45) is -5.61. The van der Waals surface area contributed by atoms with Crippen LogP contribution in [0, 0.1) is 0 Å². The Morgan fingerprint density at radius 2 is 2.14 bits per heavy atom. The minimum absolute atomic E-state index is 0.102. The molecule has 1 unspecified atom stereocenters. The first-order valence-electron chi connectivity index (χ1n) is 7.08. The minimum atomic E-state index is -4.65. The van der Waals surface area contributed by atoms with Gasteiger partial charge in [-0.3, -0.25) is 0 Å². The Balaban J connectivity index is 1.80. The Morgan fingerprint density at radius 3 is 2.64 bits per heavy atom. The highest BCUT2D eigenvalue weighted by atomic mass is 32.1. The van der Waals surface area contributed by atoms with Crippen molar-refractivity contribution >= 4 is 17.4 Å². The molecule has 2 rings (SSSR count). The third kappa shape index (κ3) is 3.73. The van der Waals surface area contributed by atoms with Crippen molar-refractivity contribution in [2.24, 2.45) is 0 Å². The number of halogens is 3. The van der Waals surface area contributed by atoms with Gasteiger partial charge in [-0.1, -0.05) is 13.0 Å². The van der Waals surface area contributed by atoms with Gasteiger partial charge in [0.15, 0.2) is 5.60 Å². The fourth-order valence-corrected chi connectivity index (χ4v) is 3.17. The van der Waals surface area contributed by atoms with Crippen molar-refractivity contribution in [3.05, 3.63) is 22.4 Å². The molecule has 124 valence electrons. The van der Waals surface area contributed by atoms with Gasteiger partial charge in [0, 0.05) is 43.3 Å². The van der Waals surface area contributed by atoms with Gasteiger partial charge in [-0.25, -0.2) is 4.79 Å². The number of aliphatic hydroxyl groups is 1. The summed E-state index contributed by atoms with van der Waals surface area (Å²) < 4.78 is 38.1. The van der Waals surface area contributed by atoms with Crippen molar-refractivity contribution in [1.82, 2.24) is 10.2 Å². The van der Waals surface area contributed by atoms with E-state index in [0.29, 0.717) is 6.54 Å². The smallest absolute Gasteiger partial charge is 0.380 e. The van der Waals surface area contributed by atoms with Gasteiger partial charge in [0.1, 0.15) is 0 Å². The fraction of sp³-hybridized carbons (Fsp3) is 0.643. The SMILES string of the molecule is CC(CNC(=O)N1CCC(O)(C(F)(F)F)CC1)c1cccs1. The standard InChI is InChI=1S/C14H19F3N2O2S/c1-10(11-3-2-8-22-11)9-18-12(20)19-6-4-13(21,5-7-19)14(15,16)17/h2-3,8,10,21H,4-7,9H2,1H3,(H,18,20). The molecule has 22 heavy (non-hydrogen) atoms. The molecule has 0 saturated carbocycles. The maximum Gasteiger partial charge on any atom is 0.417 e. The highest BCUT2D eigenvalue weighted by Gasteiger charge is 2.54. The third-order valence-electron chi connectivity index (χ3n) is 3.99. The fourth-order valence-electron chi connectivity index (χ4n) is 2.39. The summed E-state index contributed by atoms with van der Waals surface area (Å²) in [6.45, 7) is 2.20. The number of thiophene rings is 1. The molecule has 0 aliphatic carbocycles. The number of nitrogens with zero attached hydrogens (tertiary/aromatic N) is 1. The van der Waals surface area contributed by atoms with Crippen molar-refractivity contribution in [2.45, 2.75) is 37.5 Å². The number of alkyl halides is 3. The van der Waals surface area contributed by atoms with E-state index in [1.165, 1.54) is 4.90 Å². The van der Waals surface area contributed by atoms with Crippen molar-refractivity contribution in [3.8, 4) is 0 Å². The van der Waals surface area contributed by atoms with Crippen LogP contribution in [0.5, 0.6) is 0 Å². The molecule has 1 saturated heterocycles. The molecule has 2 heterocycles. The first-order chi connectivity index (χ1) is 10.2. The van der Waals surface area contributed by atoms with Crippen LogP contribution in [0.4, 0.5) is 18.0 Å². The van der Waals surface area contributed by atoms with Crippen molar-refractivity contribution in [2.75, 3.05) is 19.6 Å². The molecule has 8 heteroatoms. The molecule has 0 aromatic carbocycles. The van der Waals surface area contributed by atoms with Gasteiger partial charge in [0.05, 0.1) is 0 Å². The summed E-state index contributed by atoms with van der Waals surface area (Å²) in [5.74, 6) is 0.154. The summed E-state index contributed by atoms with van der Waals surface area (Å²) in [5.41, 5.74) is -2.67. The largest absolute Gasteiger partial charge is 0.417 e. The monoisotopic (exact) mass is 336 g/mol. The molecular formula is C14H19F3N2O2S. The molecule has 1 fully saturated rings. The zero-order chi connectivity index (χ0) is 16.4. The first kappa shape index (κ1) is 17.1. The van der Waals surface area contributed by atoms with Crippen LogP contribution in [0.2, 0.25) is 0 Å². The lowest BCUT2D eigenvalue weighted by molar-refractivity contribution is -0.271. The van der Waals surface area contributed by atoms with Crippen LogP contribution in [-0.2, 0) is 0 Å². The number of carbonyl (C=O) groups is 1. The van der Waals surface area contributed by atoms with E-state index in [1.807, 2.05) is 24.4 Å². The molecule has 1 atom stereocenters. The highest BCUT2D eigenvalue weighted by molar-refractivity contribution is 7.10. The number of hydrogen-bond donors (Lipinski definition) is 2. The number of likely N-dealkylation sites (tertiary alicyclic amines) is 1. The Hall–Kier alpha value is -1.28. The zero-order valence-corrected chi connectivity index (χ0v) is 13.0. The molecule has 1 aliphatic heterocycles. The molecule has 0 spiro atoms. The van der Waals surface area contributed by atoms with E-state index in [9.17, 15) is 23.1 Å². The van der Waals surface area contributed by atoms with E-state index in [-0.39, 0.29) is 25.0 Å². The third-order valence-corrected chi connectivity index (χ3v) is 5.10. The van der Waals surface area contributed by atoms with Gasteiger partial charge in [-0.2, -0.15) is 13.2 Å². The number of piperidine rings is 1. The molecule has 0 radical (unpaired) electrons. The van der Waals surface area contributed by atoms with Crippen molar-refractivity contribution in [3.63, 3.8) is 0 Å². The topological polar surface area (TPSA) is 52.6 Å². The van der Waals surface area contributed by atoms with Gasteiger partial charge in [0.25, 0.3) is 0 Å². The second-order valence-corrected chi connectivity index (χ2v) is 6.60. The number of urea groups is 1. The maximum absolute atomic E-state index is 12.7. The Morgan fingerprint density at radius 1 is 1.50 bits per heavy atom. The van der Waals surface area contributed by atoms with Crippen LogP contribution in [0.25, 0.3) is 0 Å². The van der Waals surface area contributed by atoms with Crippen molar-refractivity contribution < 1.29 is 23.1 Å².